The van der Waals surface area contributed by atoms with Gasteiger partial charge in [0.15, 0.2) is 6.29 Å². The SMILES string of the molecule is C1CCC(O[C@@H]2CCNC2)OC1.COC=O. The summed E-state index contributed by atoms with van der Waals surface area (Å²) < 4.78 is 15.1. The van der Waals surface area contributed by atoms with E-state index in [-0.39, 0.29) is 6.29 Å². The molecular formula is C11H21NO4. The molecule has 5 heteroatoms. The van der Waals surface area contributed by atoms with Crippen LogP contribution in [0.4, 0.5) is 0 Å². The Bertz CT molecular complexity index is 177. The molecule has 5 nitrogen and oxygen atoms in total. The normalized spacial score (nSPS) is 29.1. The summed E-state index contributed by atoms with van der Waals surface area (Å²) in [6, 6.07) is 0. The fourth-order valence-electron chi connectivity index (χ4n) is 1.78. The summed E-state index contributed by atoms with van der Waals surface area (Å²) in [5.74, 6) is 0. The highest BCUT2D eigenvalue weighted by atomic mass is 16.7. The lowest BCUT2D eigenvalue weighted by atomic mass is 10.2. The topological polar surface area (TPSA) is 56.8 Å². The third-order valence-corrected chi connectivity index (χ3v) is 2.59. The van der Waals surface area contributed by atoms with Gasteiger partial charge in [0.2, 0.25) is 0 Å². The molecule has 1 unspecified atom stereocenters. The van der Waals surface area contributed by atoms with Crippen LogP contribution in [0.25, 0.3) is 0 Å². The third kappa shape index (κ3) is 5.44. The van der Waals surface area contributed by atoms with Crippen LogP contribution in [0.3, 0.4) is 0 Å². The average Bonchev–Trinajstić information content (AvgIpc) is 2.84. The number of ether oxygens (including phenoxy) is 3. The summed E-state index contributed by atoms with van der Waals surface area (Å²) in [5.41, 5.74) is 0. The fourth-order valence-corrected chi connectivity index (χ4v) is 1.78. The van der Waals surface area contributed by atoms with Crippen molar-refractivity contribution >= 4 is 6.47 Å². The maximum atomic E-state index is 8.95. The van der Waals surface area contributed by atoms with Crippen molar-refractivity contribution in [3.8, 4) is 0 Å². The number of rotatable bonds is 3. The largest absolute Gasteiger partial charge is 0.471 e. The Morgan fingerprint density at radius 2 is 2.19 bits per heavy atom. The summed E-state index contributed by atoms with van der Waals surface area (Å²) in [6.45, 7) is 3.35. The van der Waals surface area contributed by atoms with Gasteiger partial charge in [0.05, 0.1) is 13.2 Å². The van der Waals surface area contributed by atoms with Crippen LogP contribution in [0.1, 0.15) is 25.7 Å². The maximum Gasteiger partial charge on any atom is 0.292 e. The number of hydrogen-bond acceptors (Lipinski definition) is 5. The molecule has 0 aromatic heterocycles. The van der Waals surface area contributed by atoms with E-state index in [1.165, 1.54) is 20.0 Å². The molecular weight excluding hydrogens is 210 g/mol. The van der Waals surface area contributed by atoms with Crippen molar-refractivity contribution < 1.29 is 19.0 Å². The van der Waals surface area contributed by atoms with E-state index in [0.717, 1.165) is 32.5 Å². The summed E-state index contributed by atoms with van der Waals surface area (Å²) in [4.78, 5) is 8.95. The molecule has 2 heterocycles. The van der Waals surface area contributed by atoms with Crippen LogP contribution in [-0.2, 0) is 19.0 Å². The van der Waals surface area contributed by atoms with Gasteiger partial charge in [-0.3, -0.25) is 4.79 Å². The van der Waals surface area contributed by atoms with E-state index < -0.39 is 0 Å². The highest BCUT2D eigenvalue weighted by Gasteiger charge is 2.21. The van der Waals surface area contributed by atoms with Gasteiger partial charge in [-0.25, -0.2) is 0 Å². The van der Waals surface area contributed by atoms with Crippen molar-refractivity contribution in [2.24, 2.45) is 0 Å². The van der Waals surface area contributed by atoms with Gasteiger partial charge in [-0.05, 0) is 32.2 Å². The minimum Gasteiger partial charge on any atom is -0.471 e. The summed E-state index contributed by atoms with van der Waals surface area (Å²) in [7, 11) is 1.31. The molecule has 0 amide bonds. The van der Waals surface area contributed by atoms with Crippen LogP contribution in [-0.4, -0.2) is 45.7 Å². The van der Waals surface area contributed by atoms with Crippen LogP contribution in [0.15, 0.2) is 0 Å². The van der Waals surface area contributed by atoms with Gasteiger partial charge in [0.25, 0.3) is 6.47 Å². The minimum absolute atomic E-state index is 0.0867. The molecule has 2 atom stereocenters. The number of hydrogen-bond donors (Lipinski definition) is 1. The predicted octanol–water partition coefficient (Wildman–Crippen LogP) is 0.681. The first-order valence-electron chi connectivity index (χ1n) is 5.81. The lowest BCUT2D eigenvalue weighted by molar-refractivity contribution is -0.183. The quantitative estimate of drug-likeness (QED) is 0.724. The summed E-state index contributed by atoms with van der Waals surface area (Å²) >= 11 is 0. The van der Waals surface area contributed by atoms with E-state index in [1.54, 1.807) is 0 Å². The second-order valence-electron chi connectivity index (χ2n) is 3.88. The first-order valence-corrected chi connectivity index (χ1v) is 5.81. The van der Waals surface area contributed by atoms with Crippen molar-refractivity contribution in [1.29, 1.82) is 0 Å². The molecule has 0 aromatic carbocycles. The van der Waals surface area contributed by atoms with Crippen LogP contribution in [0.2, 0.25) is 0 Å². The summed E-state index contributed by atoms with van der Waals surface area (Å²) in [6.07, 6.45) is 5.15. The molecule has 2 saturated heterocycles. The van der Waals surface area contributed by atoms with E-state index >= 15 is 0 Å². The molecule has 2 rings (SSSR count). The Morgan fingerprint density at radius 1 is 1.38 bits per heavy atom. The molecule has 0 aliphatic carbocycles. The average molecular weight is 231 g/mol. The maximum absolute atomic E-state index is 8.95. The molecule has 94 valence electrons. The number of carbonyl (C=O) groups excluding carboxylic acids is 1. The van der Waals surface area contributed by atoms with Gasteiger partial charge in [0, 0.05) is 13.2 Å². The molecule has 0 radical (unpaired) electrons. The highest BCUT2D eigenvalue weighted by Crippen LogP contribution is 2.17. The second kappa shape index (κ2) is 8.50. The molecule has 2 fully saturated rings. The minimum atomic E-state index is 0.0867. The molecule has 2 aliphatic rings. The van der Waals surface area contributed by atoms with E-state index in [2.05, 4.69) is 10.1 Å². The van der Waals surface area contributed by atoms with Crippen LogP contribution < -0.4 is 5.32 Å². The zero-order valence-electron chi connectivity index (χ0n) is 9.81. The van der Waals surface area contributed by atoms with Crippen molar-refractivity contribution in [1.82, 2.24) is 5.32 Å². The van der Waals surface area contributed by atoms with E-state index in [9.17, 15) is 0 Å². The first-order chi connectivity index (χ1) is 7.86. The lowest BCUT2D eigenvalue weighted by Gasteiger charge is -2.25. The smallest absolute Gasteiger partial charge is 0.292 e. The Morgan fingerprint density at radius 3 is 2.69 bits per heavy atom. The Labute approximate surface area is 96.4 Å². The molecule has 16 heavy (non-hydrogen) atoms. The monoisotopic (exact) mass is 231 g/mol. The second-order valence-corrected chi connectivity index (χ2v) is 3.88. The van der Waals surface area contributed by atoms with Crippen LogP contribution >= 0.6 is 0 Å². The number of methoxy groups -OCH3 is 1. The van der Waals surface area contributed by atoms with Gasteiger partial charge >= 0.3 is 0 Å². The molecule has 1 N–H and O–H groups in total. The Hall–Kier alpha value is -0.650. The predicted molar refractivity (Wildman–Crippen MR) is 59.0 cm³/mol. The third-order valence-electron chi connectivity index (χ3n) is 2.59. The fraction of sp³-hybridized carbons (Fsp3) is 0.909. The lowest BCUT2D eigenvalue weighted by Crippen LogP contribution is -2.29. The zero-order chi connectivity index (χ0) is 11.6. The van der Waals surface area contributed by atoms with Gasteiger partial charge in [-0.1, -0.05) is 0 Å². The van der Waals surface area contributed by atoms with Crippen LogP contribution in [0.5, 0.6) is 0 Å². The Balaban J connectivity index is 0.000000280. The van der Waals surface area contributed by atoms with Crippen LogP contribution in [0, 0.1) is 0 Å². The summed E-state index contributed by atoms with van der Waals surface area (Å²) in [5, 5.41) is 3.28. The van der Waals surface area contributed by atoms with E-state index in [0.29, 0.717) is 12.6 Å². The zero-order valence-corrected chi connectivity index (χ0v) is 9.81. The van der Waals surface area contributed by atoms with Crippen molar-refractivity contribution in [3.05, 3.63) is 0 Å². The molecule has 0 saturated carbocycles. The van der Waals surface area contributed by atoms with Crippen molar-refractivity contribution in [3.63, 3.8) is 0 Å². The molecule has 0 aromatic rings. The highest BCUT2D eigenvalue weighted by molar-refractivity contribution is 5.36. The molecule has 0 bridgehead atoms. The molecule has 2 aliphatic heterocycles. The van der Waals surface area contributed by atoms with E-state index in [4.69, 9.17) is 14.3 Å². The van der Waals surface area contributed by atoms with Crippen molar-refractivity contribution in [2.75, 3.05) is 26.8 Å². The number of nitrogens with one attached hydrogen (secondary N) is 1. The van der Waals surface area contributed by atoms with Gasteiger partial charge in [-0.15, -0.1) is 0 Å². The van der Waals surface area contributed by atoms with Crippen molar-refractivity contribution in [2.45, 2.75) is 38.1 Å². The number of carbonyl (C=O) groups is 1. The van der Waals surface area contributed by atoms with Gasteiger partial charge in [0.1, 0.15) is 0 Å². The first kappa shape index (κ1) is 13.4. The molecule has 0 spiro atoms. The standard InChI is InChI=1S/C9H17NO2.C2H4O2/c1-2-6-11-9(3-1)12-8-4-5-10-7-8;1-4-2-3/h8-10H,1-7H2;2H,1H3/t8-,9?;/m1./s1. The Kier molecular flexibility index (Phi) is 7.12. The van der Waals surface area contributed by atoms with Gasteiger partial charge < -0.3 is 19.5 Å². The van der Waals surface area contributed by atoms with E-state index in [1.807, 2.05) is 0 Å². The van der Waals surface area contributed by atoms with Gasteiger partial charge in [-0.2, -0.15) is 0 Å².